The molecule has 1 amide bonds. The first-order chi connectivity index (χ1) is 9.10. The molecule has 0 saturated carbocycles. The number of aryl methyl sites for hydroxylation is 3. The summed E-state index contributed by atoms with van der Waals surface area (Å²) < 4.78 is 1.87. The Morgan fingerprint density at radius 1 is 1.32 bits per heavy atom. The highest BCUT2D eigenvalue weighted by atomic mass is 16.1. The van der Waals surface area contributed by atoms with Crippen molar-refractivity contribution in [3.05, 3.63) is 47.3 Å². The summed E-state index contributed by atoms with van der Waals surface area (Å²) in [5.41, 5.74) is 3.39. The van der Waals surface area contributed by atoms with Crippen LogP contribution in [-0.2, 0) is 6.54 Å². The summed E-state index contributed by atoms with van der Waals surface area (Å²) in [4.78, 5) is 12.1. The van der Waals surface area contributed by atoms with Crippen LogP contribution in [0.1, 0.15) is 35.1 Å². The van der Waals surface area contributed by atoms with E-state index in [2.05, 4.69) is 17.3 Å². The molecule has 4 nitrogen and oxygen atoms in total. The molecule has 0 saturated heterocycles. The Morgan fingerprint density at radius 2 is 2.11 bits per heavy atom. The topological polar surface area (TPSA) is 46.9 Å². The summed E-state index contributed by atoms with van der Waals surface area (Å²) in [6, 6.07) is 9.55. The minimum absolute atomic E-state index is 0.163. The maximum atomic E-state index is 12.1. The van der Waals surface area contributed by atoms with Gasteiger partial charge in [0.15, 0.2) is 5.69 Å². The van der Waals surface area contributed by atoms with Crippen molar-refractivity contribution in [1.82, 2.24) is 9.78 Å². The maximum absolute atomic E-state index is 12.1. The molecule has 1 N–H and O–H groups in total. The second-order valence-corrected chi connectivity index (χ2v) is 4.72. The number of hydrogen-bond donors (Lipinski definition) is 1. The van der Waals surface area contributed by atoms with E-state index < -0.39 is 0 Å². The number of nitrogens with one attached hydrogen (secondary N) is 1. The molecule has 0 bridgehead atoms. The second-order valence-electron chi connectivity index (χ2n) is 4.72. The van der Waals surface area contributed by atoms with E-state index >= 15 is 0 Å². The number of hydrogen-bond acceptors (Lipinski definition) is 2. The Balaban J connectivity index is 2.14. The van der Waals surface area contributed by atoms with Crippen LogP contribution >= 0.6 is 0 Å². The molecule has 2 aromatic rings. The second kappa shape index (κ2) is 5.69. The van der Waals surface area contributed by atoms with Crippen LogP contribution in [0.15, 0.2) is 30.3 Å². The molecule has 0 radical (unpaired) electrons. The number of benzene rings is 1. The van der Waals surface area contributed by atoms with E-state index in [9.17, 15) is 4.79 Å². The Bertz CT molecular complexity index is 587. The smallest absolute Gasteiger partial charge is 0.276 e. The van der Waals surface area contributed by atoms with Gasteiger partial charge in [0.25, 0.3) is 5.91 Å². The van der Waals surface area contributed by atoms with Gasteiger partial charge in [-0.1, -0.05) is 19.1 Å². The number of aromatic nitrogens is 2. The molecule has 1 aromatic heterocycles. The molecule has 0 unspecified atom stereocenters. The summed E-state index contributed by atoms with van der Waals surface area (Å²) in [5.74, 6) is -0.163. The van der Waals surface area contributed by atoms with Crippen LogP contribution in [0.5, 0.6) is 0 Å². The molecular formula is C15H19N3O. The van der Waals surface area contributed by atoms with Crippen molar-refractivity contribution in [2.24, 2.45) is 0 Å². The Hall–Kier alpha value is -2.10. The van der Waals surface area contributed by atoms with Crippen LogP contribution in [0.4, 0.5) is 5.69 Å². The lowest BCUT2D eigenvalue weighted by Gasteiger charge is -2.04. The van der Waals surface area contributed by atoms with Gasteiger partial charge in [0.1, 0.15) is 0 Å². The van der Waals surface area contributed by atoms with Crippen molar-refractivity contribution in [1.29, 1.82) is 0 Å². The van der Waals surface area contributed by atoms with Gasteiger partial charge in [-0.05, 0) is 44.0 Å². The molecule has 2 rings (SSSR count). The van der Waals surface area contributed by atoms with E-state index in [1.807, 2.05) is 48.9 Å². The quantitative estimate of drug-likeness (QED) is 0.914. The van der Waals surface area contributed by atoms with Crippen LogP contribution in [0.3, 0.4) is 0 Å². The average molecular weight is 257 g/mol. The van der Waals surface area contributed by atoms with Gasteiger partial charge in [-0.15, -0.1) is 0 Å². The fraction of sp³-hybridized carbons (Fsp3) is 0.333. The Labute approximate surface area is 113 Å². The Morgan fingerprint density at radius 3 is 2.79 bits per heavy atom. The number of amides is 1. The van der Waals surface area contributed by atoms with Gasteiger partial charge in [0.05, 0.1) is 0 Å². The molecule has 100 valence electrons. The summed E-state index contributed by atoms with van der Waals surface area (Å²) >= 11 is 0. The third-order valence-electron chi connectivity index (χ3n) is 2.93. The highest BCUT2D eigenvalue weighted by Gasteiger charge is 2.12. The van der Waals surface area contributed by atoms with Gasteiger partial charge in [-0.2, -0.15) is 5.10 Å². The van der Waals surface area contributed by atoms with Gasteiger partial charge in [0, 0.05) is 17.9 Å². The van der Waals surface area contributed by atoms with Crippen molar-refractivity contribution in [3.63, 3.8) is 0 Å². The van der Waals surface area contributed by atoms with Crippen molar-refractivity contribution in [3.8, 4) is 0 Å². The minimum Gasteiger partial charge on any atom is -0.321 e. The number of rotatable bonds is 4. The summed E-state index contributed by atoms with van der Waals surface area (Å²) in [7, 11) is 0. The molecule has 0 aliphatic rings. The molecule has 1 aromatic carbocycles. The maximum Gasteiger partial charge on any atom is 0.276 e. The summed E-state index contributed by atoms with van der Waals surface area (Å²) in [6.07, 6.45) is 1.00. The van der Waals surface area contributed by atoms with Crippen molar-refractivity contribution < 1.29 is 4.79 Å². The lowest BCUT2D eigenvalue weighted by molar-refractivity contribution is 0.102. The standard InChI is InChI=1S/C15H19N3O/c1-4-8-18-12(3)10-14(17-18)15(19)16-13-7-5-6-11(2)9-13/h5-7,9-10H,4,8H2,1-3H3,(H,16,19). The first kappa shape index (κ1) is 13.3. The zero-order valence-electron chi connectivity index (χ0n) is 11.6. The molecule has 0 fully saturated rings. The lowest BCUT2D eigenvalue weighted by Crippen LogP contribution is -2.13. The van der Waals surface area contributed by atoms with E-state index in [1.54, 1.807) is 0 Å². The molecule has 4 heteroatoms. The summed E-state index contributed by atoms with van der Waals surface area (Å²) in [6.45, 7) is 6.89. The van der Waals surface area contributed by atoms with Gasteiger partial charge < -0.3 is 5.32 Å². The minimum atomic E-state index is -0.163. The van der Waals surface area contributed by atoms with Crippen LogP contribution in [-0.4, -0.2) is 15.7 Å². The summed E-state index contributed by atoms with van der Waals surface area (Å²) in [5, 5.41) is 7.19. The molecule has 0 spiro atoms. The zero-order chi connectivity index (χ0) is 13.8. The van der Waals surface area contributed by atoms with Crippen LogP contribution < -0.4 is 5.32 Å². The van der Waals surface area contributed by atoms with E-state index in [1.165, 1.54) is 0 Å². The SMILES string of the molecule is CCCn1nc(C(=O)Nc2cccc(C)c2)cc1C. The van der Waals surface area contributed by atoms with E-state index in [4.69, 9.17) is 0 Å². The molecule has 0 atom stereocenters. The lowest BCUT2D eigenvalue weighted by atomic mass is 10.2. The molecule has 19 heavy (non-hydrogen) atoms. The van der Waals surface area contributed by atoms with Crippen LogP contribution in [0, 0.1) is 13.8 Å². The van der Waals surface area contributed by atoms with Crippen LogP contribution in [0.25, 0.3) is 0 Å². The van der Waals surface area contributed by atoms with Crippen LogP contribution in [0.2, 0.25) is 0 Å². The van der Waals surface area contributed by atoms with Crippen molar-refractivity contribution >= 4 is 11.6 Å². The molecular weight excluding hydrogens is 238 g/mol. The number of nitrogens with zero attached hydrogens (tertiary/aromatic N) is 2. The molecule has 1 heterocycles. The van der Waals surface area contributed by atoms with E-state index in [0.717, 1.165) is 29.9 Å². The monoisotopic (exact) mass is 257 g/mol. The van der Waals surface area contributed by atoms with Gasteiger partial charge in [-0.3, -0.25) is 9.48 Å². The van der Waals surface area contributed by atoms with Gasteiger partial charge in [-0.25, -0.2) is 0 Å². The largest absolute Gasteiger partial charge is 0.321 e. The number of carbonyl (C=O) groups excluding carboxylic acids is 1. The van der Waals surface area contributed by atoms with Crippen molar-refractivity contribution in [2.45, 2.75) is 33.7 Å². The predicted molar refractivity (Wildman–Crippen MR) is 76.4 cm³/mol. The number of anilines is 1. The average Bonchev–Trinajstić information content (AvgIpc) is 2.72. The van der Waals surface area contributed by atoms with Gasteiger partial charge in [0.2, 0.25) is 0 Å². The fourth-order valence-electron chi connectivity index (χ4n) is 1.98. The Kier molecular flexibility index (Phi) is 4.00. The third-order valence-corrected chi connectivity index (χ3v) is 2.93. The highest BCUT2D eigenvalue weighted by Crippen LogP contribution is 2.12. The first-order valence-corrected chi connectivity index (χ1v) is 6.52. The highest BCUT2D eigenvalue weighted by molar-refractivity contribution is 6.02. The zero-order valence-corrected chi connectivity index (χ0v) is 11.6. The molecule has 0 aliphatic carbocycles. The fourth-order valence-corrected chi connectivity index (χ4v) is 1.98. The van der Waals surface area contributed by atoms with Crippen molar-refractivity contribution in [2.75, 3.05) is 5.32 Å². The first-order valence-electron chi connectivity index (χ1n) is 6.52. The number of carbonyl (C=O) groups is 1. The van der Waals surface area contributed by atoms with Gasteiger partial charge >= 0.3 is 0 Å². The third kappa shape index (κ3) is 3.22. The van der Waals surface area contributed by atoms with E-state index in [0.29, 0.717) is 5.69 Å². The van der Waals surface area contributed by atoms with E-state index in [-0.39, 0.29) is 5.91 Å². The molecule has 0 aliphatic heterocycles. The predicted octanol–water partition coefficient (Wildman–Crippen LogP) is 3.16. The normalized spacial score (nSPS) is 10.5.